The molecular weight excluding hydrogens is 342 g/mol. The highest BCUT2D eigenvalue weighted by Gasteiger charge is 2.40. The molecule has 0 radical (unpaired) electrons. The van der Waals surface area contributed by atoms with Crippen LogP contribution in [0.3, 0.4) is 0 Å². The number of furan rings is 1. The fourth-order valence-electron chi connectivity index (χ4n) is 2.85. The number of nitrogens with one attached hydrogen (secondary N) is 1. The molecule has 26 heavy (non-hydrogen) atoms. The van der Waals surface area contributed by atoms with E-state index >= 15 is 0 Å². The van der Waals surface area contributed by atoms with Gasteiger partial charge in [0.2, 0.25) is 0 Å². The average Bonchev–Trinajstić information content (AvgIpc) is 3.09. The Labute approximate surface area is 148 Å². The third kappa shape index (κ3) is 2.87. The summed E-state index contributed by atoms with van der Waals surface area (Å²) >= 11 is 0. The molecule has 1 aliphatic heterocycles. The lowest BCUT2D eigenvalue weighted by molar-refractivity contribution is -0.383. The molecule has 1 aromatic carbocycles. The summed E-state index contributed by atoms with van der Waals surface area (Å²) < 4.78 is 10.4. The highest BCUT2D eigenvalue weighted by Crippen LogP contribution is 2.43. The molecule has 0 fully saturated rings. The van der Waals surface area contributed by atoms with Gasteiger partial charge < -0.3 is 14.5 Å². The molecule has 1 aromatic heterocycles. The fraction of sp³-hybridized carbons (Fsp3) is 0.294. The van der Waals surface area contributed by atoms with Crippen molar-refractivity contribution in [2.24, 2.45) is 0 Å². The molecule has 1 N–H and O–H groups in total. The van der Waals surface area contributed by atoms with Gasteiger partial charge in [-0.15, -0.1) is 0 Å². The Morgan fingerprint density at radius 1 is 1.38 bits per heavy atom. The Morgan fingerprint density at radius 3 is 2.69 bits per heavy atom. The highest BCUT2D eigenvalue weighted by molar-refractivity contribution is 6.04. The first-order chi connectivity index (χ1) is 12.2. The summed E-state index contributed by atoms with van der Waals surface area (Å²) in [5.41, 5.74) is -0.391. The van der Waals surface area contributed by atoms with Crippen LogP contribution in [0.4, 0.5) is 21.9 Å². The second-order valence-corrected chi connectivity index (χ2v) is 6.20. The van der Waals surface area contributed by atoms with Gasteiger partial charge in [-0.2, -0.15) is 0 Å². The lowest BCUT2D eigenvalue weighted by Crippen LogP contribution is -2.43. The molecule has 1 aliphatic rings. The minimum Gasteiger partial charge on any atom is -0.459 e. The van der Waals surface area contributed by atoms with Crippen LogP contribution in [0.25, 0.3) is 0 Å². The van der Waals surface area contributed by atoms with Gasteiger partial charge in [0.1, 0.15) is 11.3 Å². The van der Waals surface area contributed by atoms with Crippen molar-refractivity contribution in [2.45, 2.75) is 26.4 Å². The van der Waals surface area contributed by atoms with Crippen molar-refractivity contribution in [2.75, 3.05) is 16.8 Å². The monoisotopic (exact) mass is 359 g/mol. The molecule has 0 spiro atoms. The van der Waals surface area contributed by atoms with E-state index in [1.807, 2.05) is 0 Å². The Bertz CT molecular complexity index is 888. The predicted octanol–water partition coefficient (Wildman–Crippen LogP) is 3.65. The number of fused-ring (bicyclic) bond motifs is 1. The average molecular weight is 359 g/mol. The zero-order valence-electron chi connectivity index (χ0n) is 14.4. The number of nitro groups is 1. The highest BCUT2D eigenvalue weighted by atomic mass is 16.6. The summed E-state index contributed by atoms with van der Waals surface area (Å²) in [7, 11) is 0. The number of ether oxygens (including phenoxy) is 1. The van der Waals surface area contributed by atoms with E-state index in [1.165, 1.54) is 35.4 Å². The van der Waals surface area contributed by atoms with Gasteiger partial charge in [-0.25, -0.2) is 4.79 Å². The number of nitrogens with zero attached hydrogens (tertiary/aromatic N) is 2. The number of hydrogen-bond acceptors (Lipinski definition) is 6. The summed E-state index contributed by atoms with van der Waals surface area (Å²) in [4.78, 5) is 36.6. The smallest absolute Gasteiger partial charge is 0.415 e. The molecule has 9 nitrogen and oxygen atoms in total. The van der Waals surface area contributed by atoms with Crippen LogP contribution in [0, 0.1) is 10.1 Å². The van der Waals surface area contributed by atoms with E-state index in [1.54, 1.807) is 20.8 Å². The number of carbonyl (C=O) groups is 2. The van der Waals surface area contributed by atoms with Crippen LogP contribution in [-0.4, -0.2) is 23.5 Å². The summed E-state index contributed by atoms with van der Waals surface area (Å²) in [5, 5.41) is 14.0. The SMILES string of the molecule is CCN1C(=O)OC(C)(C)c2cc(NC(=O)c3ccco3)c([N+](=O)[O-])cc21. The summed E-state index contributed by atoms with van der Waals surface area (Å²) in [6.45, 7) is 5.39. The topological polar surface area (TPSA) is 115 Å². The number of nitro benzene ring substituents is 1. The zero-order valence-corrected chi connectivity index (χ0v) is 14.4. The minimum absolute atomic E-state index is 0.00257. The van der Waals surface area contributed by atoms with Crippen molar-refractivity contribution < 1.29 is 23.7 Å². The summed E-state index contributed by atoms with van der Waals surface area (Å²) in [6.07, 6.45) is 0.754. The van der Waals surface area contributed by atoms with E-state index in [2.05, 4.69) is 5.32 Å². The number of hydrogen-bond donors (Lipinski definition) is 1. The largest absolute Gasteiger partial charge is 0.459 e. The van der Waals surface area contributed by atoms with Crippen molar-refractivity contribution in [1.29, 1.82) is 0 Å². The molecule has 136 valence electrons. The first-order valence-electron chi connectivity index (χ1n) is 7.93. The van der Waals surface area contributed by atoms with Crippen LogP contribution < -0.4 is 10.2 Å². The summed E-state index contributed by atoms with van der Waals surface area (Å²) in [5.74, 6) is -0.589. The third-order valence-corrected chi connectivity index (χ3v) is 4.12. The van der Waals surface area contributed by atoms with Crippen LogP contribution in [0.5, 0.6) is 0 Å². The lowest BCUT2D eigenvalue weighted by Gasteiger charge is -2.38. The molecule has 0 saturated carbocycles. The van der Waals surface area contributed by atoms with Crippen molar-refractivity contribution in [3.05, 3.63) is 52.0 Å². The quantitative estimate of drug-likeness (QED) is 0.658. The van der Waals surface area contributed by atoms with E-state index in [0.29, 0.717) is 11.3 Å². The molecule has 2 heterocycles. The number of amides is 2. The van der Waals surface area contributed by atoms with E-state index in [9.17, 15) is 19.7 Å². The Balaban J connectivity index is 2.12. The van der Waals surface area contributed by atoms with Gasteiger partial charge in [-0.05, 0) is 39.0 Å². The van der Waals surface area contributed by atoms with Gasteiger partial charge in [-0.3, -0.25) is 19.8 Å². The molecule has 2 amide bonds. The van der Waals surface area contributed by atoms with Gasteiger partial charge in [-0.1, -0.05) is 0 Å². The maximum atomic E-state index is 12.2. The van der Waals surface area contributed by atoms with Crippen LogP contribution in [0.1, 0.15) is 36.9 Å². The molecular formula is C17H17N3O6. The van der Waals surface area contributed by atoms with Crippen molar-refractivity contribution in [3.8, 4) is 0 Å². The molecule has 0 atom stereocenters. The Hall–Kier alpha value is -3.36. The molecule has 0 saturated heterocycles. The van der Waals surface area contributed by atoms with E-state index < -0.39 is 22.5 Å². The van der Waals surface area contributed by atoms with Crippen molar-refractivity contribution in [3.63, 3.8) is 0 Å². The number of carbonyl (C=O) groups excluding carboxylic acids is 2. The van der Waals surface area contributed by atoms with Crippen LogP contribution >= 0.6 is 0 Å². The van der Waals surface area contributed by atoms with E-state index in [-0.39, 0.29) is 23.7 Å². The molecule has 3 rings (SSSR count). The molecule has 0 aliphatic carbocycles. The van der Waals surface area contributed by atoms with Gasteiger partial charge in [0, 0.05) is 18.2 Å². The number of rotatable bonds is 4. The summed E-state index contributed by atoms with van der Waals surface area (Å²) in [6, 6.07) is 5.73. The third-order valence-electron chi connectivity index (χ3n) is 4.12. The van der Waals surface area contributed by atoms with Gasteiger partial charge in [0.15, 0.2) is 5.76 Å². The molecule has 0 bridgehead atoms. The lowest BCUT2D eigenvalue weighted by atomic mass is 9.92. The molecule has 2 aromatic rings. The Kier molecular flexibility index (Phi) is 4.15. The van der Waals surface area contributed by atoms with Crippen LogP contribution in [0.2, 0.25) is 0 Å². The van der Waals surface area contributed by atoms with Gasteiger partial charge in [0.05, 0.1) is 16.9 Å². The number of benzene rings is 1. The number of anilines is 2. The first kappa shape index (κ1) is 17.5. The standard InChI is InChI=1S/C17H17N3O6/c1-4-19-12-9-13(20(23)24)11(18-15(21)14-6-5-7-25-14)8-10(12)17(2,3)26-16(19)22/h5-9H,4H2,1-3H3,(H,18,21). The van der Waals surface area contributed by atoms with E-state index in [4.69, 9.17) is 9.15 Å². The molecule has 0 unspecified atom stereocenters. The van der Waals surface area contributed by atoms with Crippen LogP contribution in [-0.2, 0) is 10.3 Å². The van der Waals surface area contributed by atoms with Gasteiger partial charge >= 0.3 is 6.09 Å². The Morgan fingerprint density at radius 2 is 2.12 bits per heavy atom. The minimum atomic E-state index is -1.00. The molecule has 9 heteroatoms. The second kappa shape index (κ2) is 6.17. The zero-order chi connectivity index (χ0) is 19.1. The predicted molar refractivity (Wildman–Crippen MR) is 92.3 cm³/mol. The van der Waals surface area contributed by atoms with Crippen LogP contribution in [0.15, 0.2) is 34.9 Å². The normalized spacial score (nSPS) is 15.2. The second-order valence-electron chi connectivity index (χ2n) is 6.20. The fourth-order valence-corrected chi connectivity index (χ4v) is 2.85. The maximum Gasteiger partial charge on any atom is 0.415 e. The van der Waals surface area contributed by atoms with E-state index in [0.717, 1.165) is 0 Å². The van der Waals surface area contributed by atoms with Gasteiger partial charge in [0.25, 0.3) is 11.6 Å². The first-order valence-corrected chi connectivity index (χ1v) is 7.93. The number of cyclic esters (lactones) is 1. The van der Waals surface area contributed by atoms with Crippen molar-refractivity contribution in [1.82, 2.24) is 0 Å². The van der Waals surface area contributed by atoms with Crippen molar-refractivity contribution >= 4 is 29.1 Å². The maximum absolute atomic E-state index is 12.2.